The van der Waals surface area contributed by atoms with Crippen LogP contribution in [0.1, 0.15) is 19.8 Å². The van der Waals surface area contributed by atoms with Crippen molar-refractivity contribution in [1.29, 1.82) is 0 Å². The van der Waals surface area contributed by atoms with Gasteiger partial charge in [-0.1, -0.05) is 6.92 Å². The third-order valence-electron chi connectivity index (χ3n) is 2.38. The molecule has 1 aliphatic rings. The van der Waals surface area contributed by atoms with Crippen molar-refractivity contribution in [2.75, 3.05) is 18.6 Å². The van der Waals surface area contributed by atoms with Gasteiger partial charge in [-0.15, -0.1) is 0 Å². The highest BCUT2D eigenvalue weighted by atomic mass is 32.2. The molecule has 0 spiro atoms. The van der Waals surface area contributed by atoms with E-state index in [-0.39, 0.29) is 18.1 Å². The van der Waals surface area contributed by atoms with E-state index in [1.807, 2.05) is 6.92 Å². The van der Waals surface area contributed by atoms with Crippen LogP contribution in [-0.4, -0.2) is 40.9 Å². The summed E-state index contributed by atoms with van der Waals surface area (Å²) in [5.41, 5.74) is 0. The third kappa shape index (κ3) is 3.06. The summed E-state index contributed by atoms with van der Waals surface area (Å²) in [6.07, 6.45) is 1.11. The molecule has 1 aliphatic heterocycles. The molecule has 1 saturated heterocycles. The van der Waals surface area contributed by atoms with E-state index in [4.69, 9.17) is 4.74 Å². The maximum absolute atomic E-state index is 11.5. The Balaban J connectivity index is 2.36. The van der Waals surface area contributed by atoms with Crippen LogP contribution in [0.15, 0.2) is 0 Å². The predicted octanol–water partition coefficient (Wildman–Crippen LogP) is 0.0486. The van der Waals surface area contributed by atoms with Crippen molar-refractivity contribution >= 4 is 16.7 Å². The van der Waals surface area contributed by atoms with Crippen LogP contribution < -0.4 is 5.32 Å². The molecule has 5 heteroatoms. The van der Waals surface area contributed by atoms with Crippen molar-refractivity contribution in [3.05, 3.63) is 0 Å². The van der Waals surface area contributed by atoms with Crippen LogP contribution in [0, 0.1) is 0 Å². The minimum absolute atomic E-state index is 0.0764. The predicted molar refractivity (Wildman–Crippen MR) is 55.5 cm³/mol. The summed E-state index contributed by atoms with van der Waals surface area (Å²) in [4.78, 5) is 11.5. The average Bonchev–Trinajstić information content (AvgIpc) is 2.53. The van der Waals surface area contributed by atoms with Crippen molar-refractivity contribution < 1.29 is 13.7 Å². The summed E-state index contributed by atoms with van der Waals surface area (Å²) >= 11 is 0. The van der Waals surface area contributed by atoms with E-state index in [0.717, 1.165) is 6.42 Å². The third-order valence-corrected chi connectivity index (χ3v) is 3.84. The summed E-state index contributed by atoms with van der Waals surface area (Å²) in [5, 5.41) is 2.85. The molecule has 0 aromatic carbocycles. The van der Waals surface area contributed by atoms with Crippen LogP contribution in [0.3, 0.4) is 0 Å². The number of methoxy groups -OCH3 is 1. The maximum Gasteiger partial charge on any atom is 0.249 e. The van der Waals surface area contributed by atoms with Crippen molar-refractivity contribution in [3.8, 4) is 0 Å². The van der Waals surface area contributed by atoms with Gasteiger partial charge in [0.2, 0.25) is 5.91 Å². The zero-order valence-corrected chi connectivity index (χ0v) is 9.43. The molecule has 1 amide bonds. The van der Waals surface area contributed by atoms with Gasteiger partial charge in [-0.3, -0.25) is 9.00 Å². The van der Waals surface area contributed by atoms with Gasteiger partial charge >= 0.3 is 0 Å². The van der Waals surface area contributed by atoms with Gasteiger partial charge in [-0.05, 0) is 12.8 Å². The molecule has 0 saturated carbocycles. The molecule has 0 bridgehead atoms. The van der Waals surface area contributed by atoms with E-state index in [9.17, 15) is 9.00 Å². The minimum Gasteiger partial charge on any atom is -0.372 e. The van der Waals surface area contributed by atoms with Gasteiger partial charge in [0.05, 0.1) is 0 Å². The van der Waals surface area contributed by atoms with Crippen LogP contribution >= 0.6 is 0 Å². The van der Waals surface area contributed by atoms with Gasteiger partial charge in [-0.2, -0.15) is 0 Å². The number of ether oxygens (including phenoxy) is 1. The van der Waals surface area contributed by atoms with E-state index in [1.165, 1.54) is 7.11 Å². The summed E-state index contributed by atoms with van der Waals surface area (Å²) < 4.78 is 16.1. The Labute approximate surface area is 86.9 Å². The van der Waals surface area contributed by atoms with E-state index >= 15 is 0 Å². The van der Waals surface area contributed by atoms with Gasteiger partial charge in [-0.25, -0.2) is 0 Å². The molecule has 3 atom stereocenters. The first-order chi connectivity index (χ1) is 6.67. The Kier molecular flexibility index (Phi) is 4.54. The minimum atomic E-state index is -0.742. The lowest BCUT2D eigenvalue weighted by atomic mass is 10.2. The first-order valence-electron chi connectivity index (χ1n) is 4.85. The zero-order valence-electron chi connectivity index (χ0n) is 8.62. The van der Waals surface area contributed by atoms with Gasteiger partial charge in [0, 0.05) is 35.5 Å². The quantitative estimate of drug-likeness (QED) is 0.727. The molecule has 1 fully saturated rings. The Morgan fingerprint density at radius 2 is 2.43 bits per heavy atom. The average molecular weight is 219 g/mol. The van der Waals surface area contributed by atoms with Crippen molar-refractivity contribution in [2.45, 2.75) is 31.9 Å². The van der Waals surface area contributed by atoms with Crippen LogP contribution in [-0.2, 0) is 20.3 Å². The lowest BCUT2D eigenvalue weighted by Crippen LogP contribution is -2.42. The first-order valence-corrected chi connectivity index (χ1v) is 6.34. The van der Waals surface area contributed by atoms with Crippen molar-refractivity contribution in [1.82, 2.24) is 5.32 Å². The van der Waals surface area contributed by atoms with Crippen LogP contribution in [0.2, 0.25) is 0 Å². The van der Waals surface area contributed by atoms with E-state index in [2.05, 4.69) is 5.32 Å². The Morgan fingerprint density at radius 1 is 1.71 bits per heavy atom. The summed E-state index contributed by atoms with van der Waals surface area (Å²) in [5.74, 6) is 1.21. The monoisotopic (exact) mass is 219 g/mol. The molecule has 4 nitrogen and oxygen atoms in total. The van der Waals surface area contributed by atoms with E-state index in [1.54, 1.807) is 0 Å². The smallest absolute Gasteiger partial charge is 0.249 e. The molecular formula is C9H17NO3S. The number of hydrogen-bond acceptors (Lipinski definition) is 3. The van der Waals surface area contributed by atoms with Crippen LogP contribution in [0.25, 0.3) is 0 Å². The Hall–Kier alpha value is -0.420. The fourth-order valence-electron chi connectivity index (χ4n) is 1.53. The second-order valence-electron chi connectivity index (χ2n) is 3.44. The topological polar surface area (TPSA) is 55.4 Å². The highest BCUT2D eigenvalue weighted by Gasteiger charge is 2.25. The molecule has 3 unspecified atom stereocenters. The molecule has 0 radical (unpaired) electrons. The van der Waals surface area contributed by atoms with E-state index in [0.29, 0.717) is 17.9 Å². The van der Waals surface area contributed by atoms with Crippen molar-refractivity contribution in [2.24, 2.45) is 0 Å². The largest absolute Gasteiger partial charge is 0.372 e. The summed E-state index contributed by atoms with van der Waals surface area (Å²) in [6, 6.07) is 0.0764. The number of amides is 1. The summed E-state index contributed by atoms with van der Waals surface area (Å²) in [6.45, 7) is 1.90. The SMILES string of the molecule is CCC(OC)C(=O)NC1CCS(=O)C1. The fourth-order valence-corrected chi connectivity index (χ4v) is 2.94. The lowest BCUT2D eigenvalue weighted by molar-refractivity contribution is -0.131. The molecule has 1 heterocycles. The fraction of sp³-hybridized carbons (Fsp3) is 0.889. The second-order valence-corrected chi connectivity index (χ2v) is 5.06. The standard InChI is InChI=1S/C9H17NO3S/c1-3-8(13-2)9(11)10-7-4-5-14(12)6-7/h7-8H,3-6H2,1-2H3,(H,10,11). The first kappa shape index (κ1) is 11.7. The Morgan fingerprint density at radius 3 is 2.86 bits per heavy atom. The highest BCUT2D eigenvalue weighted by molar-refractivity contribution is 7.85. The van der Waals surface area contributed by atoms with E-state index < -0.39 is 10.8 Å². The zero-order chi connectivity index (χ0) is 10.6. The highest BCUT2D eigenvalue weighted by Crippen LogP contribution is 2.08. The van der Waals surface area contributed by atoms with Crippen LogP contribution in [0.5, 0.6) is 0 Å². The number of carbonyl (C=O) groups excluding carboxylic acids is 1. The second kappa shape index (κ2) is 5.46. The molecule has 0 aliphatic carbocycles. The number of nitrogens with one attached hydrogen (secondary N) is 1. The number of rotatable bonds is 4. The van der Waals surface area contributed by atoms with Gasteiger partial charge in [0.25, 0.3) is 0 Å². The molecular weight excluding hydrogens is 202 g/mol. The maximum atomic E-state index is 11.5. The molecule has 82 valence electrons. The lowest BCUT2D eigenvalue weighted by Gasteiger charge is -2.16. The Bertz CT molecular complexity index is 228. The van der Waals surface area contributed by atoms with Crippen LogP contribution in [0.4, 0.5) is 0 Å². The molecule has 1 N–H and O–H groups in total. The van der Waals surface area contributed by atoms with Gasteiger partial charge in [0.1, 0.15) is 6.10 Å². The number of carbonyl (C=O) groups is 1. The molecule has 0 aromatic heterocycles. The van der Waals surface area contributed by atoms with Gasteiger partial charge < -0.3 is 10.1 Å². The van der Waals surface area contributed by atoms with Gasteiger partial charge in [0.15, 0.2) is 0 Å². The molecule has 0 aromatic rings. The van der Waals surface area contributed by atoms with Crippen molar-refractivity contribution in [3.63, 3.8) is 0 Å². The number of hydrogen-bond donors (Lipinski definition) is 1. The normalized spacial score (nSPS) is 28.7. The molecule has 14 heavy (non-hydrogen) atoms. The molecule has 1 rings (SSSR count). The summed E-state index contributed by atoms with van der Waals surface area (Å²) in [7, 11) is 0.786.